The van der Waals surface area contributed by atoms with Gasteiger partial charge in [0, 0.05) is 44.6 Å². The number of urea groups is 1. The van der Waals surface area contributed by atoms with Crippen LogP contribution in [0.25, 0.3) is 0 Å². The molecule has 0 spiro atoms. The number of aryl methyl sites for hydroxylation is 1. The summed E-state index contributed by atoms with van der Waals surface area (Å²) in [5, 5.41) is 2.87. The van der Waals surface area contributed by atoms with E-state index in [1.807, 2.05) is 12.3 Å². The normalized spacial score (nSPS) is 14.7. The number of nitrogens with one attached hydrogen (secondary N) is 1. The van der Waals surface area contributed by atoms with Gasteiger partial charge in [0.1, 0.15) is 0 Å². The molecule has 3 rings (SSSR count). The first kappa shape index (κ1) is 18.8. The Balaban J connectivity index is 1.50. The molecule has 0 aliphatic carbocycles. The molecule has 1 fully saturated rings. The lowest BCUT2D eigenvalue weighted by Crippen LogP contribution is -2.49. The fourth-order valence-corrected chi connectivity index (χ4v) is 3.01. The third-order valence-corrected chi connectivity index (χ3v) is 4.71. The second-order valence-corrected chi connectivity index (χ2v) is 6.53. The van der Waals surface area contributed by atoms with Gasteiger partial charge in [-0.05, 0) is 42.8 Å². The number of hydrogen-bond donors (Lipinski definition) is 1. The van der Waals surface area contributed by atoms with Crippen LogP contribution < -0.4 is 5.32 Å². The number of methoxy groups -OCH3 is 1. The molecule has 27 heavy (non-hydrogen) atoms. The largest absolute Gasteiger partial charge is 0.465 e. The number of aromatic nitrogens is 1. The summed E-state index contributed by atoms with van der Waals surface area (Å²) >= 11 is 0. The number of pyridine rings is 1. The van der Waals surface area contributed by atoms with Crippen molar-refractivity contribution in [2.75, 3.05) is 38.6 Å². The number of hydrogen-bond acceptors (Lipinski definition) is 5. The van der Waals surface area contributed by atoms with Crippen molar-refractivity contribution in [3.63, 3.8) is 0 Å². The lowest BCUT2D eigenvalue weighted by molar-refractivity contribution is 0.0600. The zero-order valence-corrected chi connectivity index (χ0v) is 15.6. The quantitative estimate of drug-likeness (QED) is 0.840. The van der Waals surface area contributed by atoms with Crippen LogP contribution in [-0.4, -0.2) is 60.1 Å². The number of carbonyl (C=O) groups excluding carboxylic acids is 2. The van der Waals surface area contributed by atoms with Gasteiger partial charge in [-0.25, -0.2) is 9.59 Å². The van der Waals surface area contributed by atoms with E-state index in [-0.39, 0.29) is 6.03 Å². The van der Waals surface area contributed by atoms with E-state index in [1.54, 1.807) is 29.2 Å². The van der Waals surface area contributed by atoms with Crippen LogP contribution in [-0.2, 0) is 11.3 Å². The molecule has 0 bridgehead atoms. The second-order valence-electron chi connectivity index (χ2n) is 6.53. The van der Waals surface area contributed by atoms with Crippen LogP contribution in [0.15, 0.2) is 42.6 Å². The molecule has 0 atom stereocenters. The Morgan fingerprint density at radius 3 is 2.44 bits per heavy atom. The van der Waals surface area contributed by atoms with Crippen LogP contribution in [0.5, 0.6) is 0 Å². The van der Waals surface area contributed by atoms with Gasteiger partial charge in [0.2, 0.25) is 0 Å². The van der Waals surface area contributed by atoms with E-state index in [2.05, 4.69) is 32.9 Å². The first-order valence-electron chi connectivity index (χ1n) is 8.94. The third kappa shape index (κ3) is 4.83. The highest BCUT2D eigenvalue weighted by molar-refractivity contribution is 5.92. The summed E-state index contributed by atoms with van der Waals surface area (Å²) in [4.78, 5) is 32.5. The molecule has 1 aliphatic heterocycles. The lowest BCUT2D eigenvalue weighted by atomic mass is 10.2. The molecule has 1 N–H and O–H groups in total. The molecule has 7 heteroatoms. The van der Waals surface area contributed by atoms with Crippen LogP contribution in [0.4, 0.5) is 10.5 Å². The molecule has 0 unspecified atom stereocenters. The van der Waals surface area contributed by atoms with Gasteiger partial charge in [0.15, 0.2) is 0 Å². The molecule has 142 valence electrons. The summed E-state index contributed by atoms with van der Waals surface area (Å²) in [6.07, 6.45) is 1.82. The van der Waals surface area contributed by atoms with Gasteiger partial charge in [-0.3, -0.25) is 9.88 Å². The summed E-state index contributed by atoms with van der Waals surface area (Å²) in [7, 11) is 1.34. The van der Waals surface area contributed by atoms with Crippen molar-refractivity contribution in [3.05, 3.63) is 59.4 Å². The molecule has 2 aromatic rings. The van der Waals surface area contributed by atoms with E-state index in [0.29, 0.717) is 24.3 Å². The van der Waals surface area contributed by atoms with Gasteiger partial charge in [-0.1, -0.05) is 6.07 Å². The highest BCUT2D eigenvalue weighted by Gasteiger charge is 2.21. The lowest BCUT2D eigenvalue weighted by Gasteiger charge is -2.34. The van der Waals surface area contributed by atoms with Crippen LogP contribution >= 0.6 is 0 Å². The van der Waals surface area contributed by atoms with Gasteiger partial charge in [-0.2, -0.15) is 0 Å². The number of nitrogens with zero attached hydrogens (tertiary/aromatic N) is 3. The van der Waals surface area contributed by atoms with E-state index in [4.69, 9.17) is 0 Å². The Hall–Kier alpha value is -2.93. The Bertz CT molecular complexity index is 799. The SMILES string of the molecule is COC(=O)c1ccc(NC(=O)N2CCN(Cc3ncccc3C)CC2)cc1. The first-order chi connectivity index (χ1) is 13.1. The average molecular weight is 368 g/mol. The zero-order valence-electron chi connectivity index (χ0n) is 15.6. The Kier molecular flexibility index (Phi) is 6.03. The molecular formula is C20H24N4O3. The predicted octanol–water partition coefficient (Wildman–Crippen LogP) is 2.53. The van der Waals surface area contributed by atoms with E-state index < -0.39 is 5.97 Å². The van der Waals surface area contributed by atoms with E-state index in [1.165, 1.54) is 12.7 Å². The number of anilines is 1. The molecule has 0 saturated carbocycles. The molecule has 1 aromatic heterocycles. The molecule has 1 saturated heterocycles. The van der Waals surface area contributed by atoms with Crippen LogP contribution in [0, 0.1) is 6.92 Å². The molecular weight excluding hydrogens is 344 g/mol. The highest BCUT2D eigenvalue weighted by atomic mass is 16.5. The van der Waals surface area contributed by atoms with Gasteiger partial charge in [-0.15, -0.1) is 0 Å². The maximum absolute atomic E-state index is 12.5. The maximum atomic E-state index is 12.5. The molecule has 7 nitrogen and oxygen atoms in total. The zero-order chi connectivity index (χ0) is 19.2. The van der Waals surface area contributed by atoms with Gasteiger partial charge >= 0.3 is 12.0 Å². The van der Waals surface area contributed by atoms with Crippen molar-refractivity contribution in [2.24, 2.45) is 0 Å². The Morgan fingerprint density at radius 1 is 1.11 bits per heavy atom. The summed E-state index contributed by atoms with van der Waals surface area (Å²) in [5.74, 6) is -0.396. The van der Waals surface area contributed by atoms with Crippen molar-refractivity contribution in [1.82, 2.24) is 14.8 Å². The van der Waals surface area contributed by atoms with Crippen molar-refractivity contribution in [2.45, 2.75) is 13.5 Å². The number of carbonyl (C=O) groups is 2. The topological polar surface area (TPSA) is 74.8 Å². The number of ether oxygens (including phenoxy) is 1. The van der Waals surface area contributed by atoms with Crippen LogP contribution in [0.1, 0.15) is 21.6 Å². The van der Waals surface area contributed by atoms with Crippen molar-refractivity contribution in [1.29, 1.82) is 0 Å². The monoisotopic (exact) mass is 368 g/mol. The smallest absolute Gasteiger partial charge is 0.337 e. The fraction of sp³-hybridized carbons (Fsp3) is 0.350. The van der Waals surface area contributed by atoms with E-state index >= 15 is 0 Å². The molecule has 0 radical (unpaired) electrons. The predicted molar refractivity (Wildman–Crippen MR) is 103 cm³/mol. The maximum Gasteiger partial charge on any atom is 0.337 e. The summed E-state index contributed by atoms with van der Waals surface area (Å²) in [6, 6.07) is 10.5. The minimum Gasteiger partial charge on any atom is -0.465 e. The first-order valence-corrected chi connectivity index (χ1v) is 8.94. The molecule has 1 aromatic carbocycles. The van der Waals surface area contributed by atoms with Crippen molar-refractivity contribution >= 4 is 17.7 Å². The summed E-state index contributed by atoms with van der Waals surface area (Å²) < 4.78 is 4.67. The minimum atomic E-state index is -0.396. The third-order valence-electron chi connectivity index (χ3n) is 4.71. The van der Waals surface area contributed by atoms with Crippen molar-refractivity contribution in [3.8, 4) is 0 Å². The number of piperazine rings is 1. The standard InChI is InChI=1S/C20H24N4O3/c1-15-4-3-9-21-18(15)14-23-10-12-24(13-11-23)20(26)22-17-7-5-16(6-8-17)19(25)27-2/h3-9H,10-14H2,1-2H3,(H,22,26). The summed E-state index contributed by atoms with van der Waals surface area (Å²) in [5.41, 5.74) is 3.38. The number of rotatable bonds is 4. The Morgan fingerprint density at radius 2 is 1.81 bits per heavy atom. The average Bonchev–Trinajstić information content (AvgIpc) is 2.70. The van der Waals surface area contributed by atoms with E-state index in [9.17, 15) is 9.59 Å². The second kappa shape index (κ2) is 8.64. The van der Waals surface area contributed by atoms with Crippen LogP contribution in [0.3, 0.4) is 0 Å². The fourth-order valence-electron chi connectivity index (χ4n) is 3.01. The summed E-state index contributed by atoms with van der Waals surface area (Å²) in [6.45, 7) is 5.82. The van der Waals surface area contributed by atoms with Gasteiger partial charge in [0.25, 0.3) is 0 Å². The van der Waals surface area contributed by atoms with Crippen molar-refractivity contribution < 1.29 is 14.3 Å². The van der Waals surface area contributed by atoms with E-state index in [0.717, 1.165) is 25.3 Å². The highest BCUT2D eigenvalue weighted by Crippen LogP contribution is 2.14. The Labute approximate surface area is 158 Å². The molecule has 1 aliphatic rings. The van der Waals surface area contributed by atoms with Gasteiger partial charge in [0.05, 0.1) is 18.4 Å². The number of amides is 2. The number of esters is 1. The minimum absolute atomic E-state index is 0.130. The van der Waals surface area contributed by atoms with Crippen LogP contribution in [0.2, 0.25) is 0 Å². The molecule has 2 amide bonds. The number of benzene rings is 1. The van der Waals surface area contributed by atoms with Gasteiger partial charge < -0.3 is 15.0 Å². The molecule has 2 heterocycles.